The van der Waals surface area contributed by atoms with Crippen molar-refractivity contribution in [3.8, 4) is 0 Å². The molecule has 0 aliphatic carbocycles. The van der Waals surface area contributed by atoms with E-state index in [9.17, 15) is 0 Å². The van der Waals surface area contributed by atoms with Gasteiger partial charge in [-0.2, -0.15) is 0 Å². The summed E-state index contributed by atoms with van der Waals surface area (Å²) in [5, 5.41) is 3.10. The summed E-state index contributed by atoms with van der Waals surface area (Å²) in [5.41, 5.74) is 0.957. The highest BCUT2D eigenvalue weighted by atomic mass is 15.2. The molecule has 2 N–H and O–H groups in total. The first-order valence-electron chi connectivity index (χ1n) is 3.19. The summed E-state index contributed by atoms with van der Waals surface area (Å²) in [6.07, 6.45) is 3.60. The number of hydrogen-bond donors (Lipinski definition) is 2. The summed E-state index contributed by atoms with van der Waals surface area (Å²) in [6.45, 7) is 1.98. The van der Waals surface area contributed by atoms with Crippen molar-refractivity contribution in [2.75, 3.05) is 5.32 Å². The van der Waals surface area contributed by atoms with E-state index < -0.39 is 0 Å². The Bertz CT molecular complexity index is 262. The monoisotopic (exact) mass is 136 g/mol. The zero-order valence-electron chi connectivity index (χ0n) is 5.63. The lowest BCUT2D eigenvalue weighted by molar-refractivity contribution is 0.842. The van der Waals surface area contributed by atoms with Crippen LogP contribution in [0, 0.1) is 0 Å². The van der Waals surface area contributed by atoms with E-state index >= 15 is 0 Å². The average Bonchev–Trinajstić information content (AvgIpc) is 2.33. The molecule has 0 spiro atoms. The van der Waals surface area contributed by atoms with Crippen LogP contribution in [0.3, 0.4) is 0 Å². The third-order valence-electron chi connectivity index (χ3n) is 1.44. The number of hydrogen-bond acceptors (Lipinski definition) is 3. The van der Waals surface area contributed by atoms with Gasteiger partial charge in [0.15, 0.2) is 5.82 Å². The number of rotatable bonds is 0. The summed E-state index contributed by atoms with van der Waals surface area (Å²) < 4.78 is 0. The molecule has 0 radical (unpaired) electrons. The minimum atomic E-state index is 0.149. The molecule has 1 aliphatic heterocycles. The molecule has 0 bridgehead atoms. The van der Waals surface area contributed by atoms with Crippen molar-refractivity contribution >= 4 is 12.0 Å². The topological polar surface area (TPSA) is 53.1 Å². The summed E-state index contributed by atoms with van der Waals surface area (Å²) in [6, 6.07) is 0. The van der Waals surface area contributed by atoms with Crippen molar-refractivity contribution in [1.29, 1.82) is 0 Å². The van der Waals surface area contributed by atoms with Crippen molar-refractivity contribution in [3.63, 3.8) is 0 Å². The van der Waals surface area contributed by atoms with Crippen LogP contribution in [0.1, 0.15) is 12.6 Å². The van der Waals surface area contributed by atoms with Crippen LogP contribution in [-0.2, 0) is 0 Å². The SMILES string of the molecule is CC1N=Cc2[nH]cnc2N1. The number of H-pyrrole nitrogens is 1. The van der Waals surface area contributed by atoms with E-state index in [4.69, 9.17) is 0 Å². The van der Waals surface area contributed by atoms with Crippen molar-refractivity contribution in [2.45, 2.75) is 13.1 Å². The second kappa shape index (κ2) is 1.83. The highest BCUT2D eigenvalue weighted by molar-refractivity contribution is 5.85. The molecular formula is C6H8N4. The van der Waals surface area contributed by atoms with Crippen LogP contribution in [0.5, 0.6) is 0 Å². The molecule has 0 aromatic carbocycles. The van der Waals surface area contributed by atoms with E-state index in [0.29, 0.717) is 0 Å². The van der Waals surface area contributed by atoms with E-state index in [-0.39, 0.29) is 6.17 Å². The zero-order valence-corrected chi connectivity index (χ0v) is 5.63. The molecule has 4 heteroatoms. The maximum Gasteiger partial charge on any atom is 0.154 e. The number of nitrogens with one attached hydrogen (secondary N) is 2. The number of aromatic nitrogens is 2. The molecule has 2 rings (SSSR count). The molecule has 1 aliphatic rings. The van der Waals surface area contributed by atoms with Gasteiger partial charge in [0.25, 0.3) is 0 Å². The third kappa shape index (κ3) is 0.689. The number of fused-ring (bicyclic) bond motifs is 1. The van der Waals surface area contributed by atoms with Crippen molar-refractivity contribution in [3.05, 3.63) is 12.0 Å². The summed E-state index contributed by atoms with van der Waals surface area (Å²) >= 11 is 0. The minimum absolute atomic E-state index is 0.149. The van der Waals surface area contributed by atoms with E-state index in [2.05, 4.69) is 20.3 Å². The quantitative estimate of drug-likeness (QED) is 0.548. The van der Waals surface area contributed by atoms with Gasteiger partial charge < -0.3 is 10.3 Å². The fourth-order valence-electron chi connectivity index (χ4n) is 0.939. The maximum absolute atomic E-state index is 4.14. The van der Waals surface area contributed by atoms with Gasteiger partial charge in [0.2, 0.25) is 0 Å². The van der Waals surface area contributed by atoms with E-state index in [0.717, 1.165) is 11.5 Å². The maximum atomic E-state index is 4.14. The molecule has 1 aromatic rings. The minimum Gasteiger partial charge on any atom is -0.347 e. The molecule has 1 atom stereocenters. The summed E-state index contributed by atoms with van der Waals surface area (Å²) in [4.78, 5) is 11.1. The lowest BCUT2D eigenvalue weighted by Crippen LogP contribution is -2.17. The Kier molecular flexibility index (Phi) is 1.00. The smallest absolute Gasteiger partial charge is 0.154 e. The fourth-order valence-corrected chi connectivity index (χ4v) is 0.939. The summed E-state index contributed by atoms with van der Waals surface area (Å²) in [5.74, 6) is 0.891. The van der Waals surface area contributed by atoms with Gasteiger partial charge >= 0.3 is 0 Å². The second-order valence-electron chi connectivity index (χ2n) is 2.26. The Hall–Kier alpha value is -1.32. The molecule has 4 nitrogen and oxygen atoms in total. The number of nitrogens with zero attached hydrogens (tertiary/aromatic N) is 2. The number of aromatic amines is 1. The van der Waals surface area contributed by atoms with Crippen LogP contribution in [0.15, 0.2) is 11.3 Å². The predicted octanol–water partition coefficient (Wildman–Crippen LogP) is 0.600. The highest BCUT2D eigenvalue weighted by Crippen LogP contribution is 2.12. The van der Waals surface area contributed by atoms with Gasteiger partial charge in [-0.1, -0.05) is 0 Å². The first kappa shape index (κ1) is 5.46. The molecule has 10 heavy (non-hydrogen) atoms. The molecule has 0 saturated heterocycles. The Morgan fingerprint density at radius 1 is 1.60 bits per heavy atom. The Balaban J connectivity index is 2.43. The van der Waals surface area contributed by atoms with Gasteiger partial charge in [0, 0.05) is 0 Å². The van der Waals surface area contributed by atoms with Gasteiger partial charge in [-0.05, 0) is 6.92 Å². The normalized spacial score (nSPS) is 21.9. The first-order valence-corrected chi connectivity index (χ1v) is 3.19. The molecule has 52 valence electrons. The van der Waals surface area contributed by atoms with Crippen LogP contribution < -0.4 is 5.32 Å². The van der Waals surface area contributed by atoms with Crippen molar-refractivity contribution in [2.24, 2.45) is 4.99 Å². The predicted molar refractivity (Wildman–Crippen MR) is 39.3 cm³/mol. The standard InChI is InChI=1S/C6H8N4/c1-4-7-2-5-6(10-4)9-3-8-5/h2-4,10H,1H3,(H,8,9). The van der Waals surface area contributed by atoms with E-state index in [1.807, 2.05) is 6.92 Å². The fraction of sp³-hybridized carbons (Fsp3) is 0.333. The Morgan fingerprint density at radius 3 is 3.40 bits per heavy atom. The van der Waals surface area contributed by atoms with Crippen LogP contribution in [-0.4, -0.2) is 22.3 Å². The van der Waals surface area contributed by atoms with Crippen molar-refractivity contribution in [1.82, 2.24) is 9.97 Å². The molecule has 1 unspecified atom stereocenters. The first-order chi connectivity index (χ1) is 4.86. The molecule has 0 fully saturated rings. The highest BCUT2D eigenvalue weighted by Gasteiger charge is 2.09. The average molecular weight is 136 g/mol. The molecule has 0 saturated carbocycles. The second-order valence-corrected chi connectivity index (χ2v) is 2.26. The van der Waals surface area contributed by atoms with Gasteiger partial charge in [-0.3, -0.25) is 4.99 Å². The Labute approximate surface area is 58.4 Å². The Morgan fingerprint density at radius 2 is 2.50 bits per heavy atom. The number of aliphatic imine (C=N–C) groups is 1. The van der Waals surface area contributed by atoms with Crippen LogP contribution in [0.25, 0.3) is 0 Å². The lowest BCUT2D eigenvalue weighted by atomic mass is 10.4. The van der Waals surface area contributed by atoms with E-state index in [1.165, 1.54) is 0 Å². The number of imidazole rings is 1. The third-order valence-corrected chi connectivity index (χ3v) is 1.44. The van der Waals surface area contributed by atoms with Gasteiger partial charge in [0.05, 0.1) is 12.5 Å². The number of anilines is 1. The van der Waals surface area contributed by atoms with Crippen LogP contribution >= 0.6 is 0 Å². The van der Waals surface area contributed by atoms with E-state index in [1.54, 1.807) is 12.5 Å². The van der Waals surface area contributed by atoms with Gasteiger partial charge in [0.1, 0.15) is 11.9 Å². The molecule has 2 heterocycles. The van der Waals surface area contributed by atoms with Crippen LogP contribution in [0.2, 0.25) is 0 Å². The van der Waals surface area contributed by atoms with Gasteiger partial charge in [-0.15, -0.1) is 0 Å². The van der Waals surface area contributed by atoms with Crippen molar-refractivity contribution < 1.29 is 0 Å². The molecule has 0 amide bonds. The zero-order chi connectivity index (χ0) is 6.97. The lowest BCUT2D eigenvalue weighted by Gasteiger charge is -2.12. The summed E-state index contributed by atoms with van der Waals surface area (Å²) in [7, 11) is 0. The molecule has 1 aromatic heterocycles. The van der Waals surface area contributed by atoms with Gasteiger partial charge in [-0.25, -0.2) is 4.98 Å². The largest absolute Gasteiger partial charge is 0.347 e. The molecular weight excluding hydrogens is 128 g/mol. The van der Waals surface area contributed by atoms with Crippen LogP contribution in [0.4, 0.5) is 5.82 Å².